The quantitative estimate of drug-likeness (QED) is 0.640. The molecular formula is C23H25N3O3. The third kappa shape index (κ3) is 5.10. The Morgan fingerprint density at radius 3 is 2.45 bits per heavy atom. The molecule has 3 aromatic rings. The maximum absolute atomic E-state index is 12.6. The zero-order valence-electron chi connectivity index (χ0n) is 16.7. The summed E-state index contributed by atoms with van der Waals surface area (Å²) in [5, 5.41) is 7.36. The molecule has 1 aromatic heterocycles. The molecule has 0 aliphatic carbocycles. The van der Waals surface area contributed by atoms with Gasteiger partial charge in [-0.1, -0.05) is 37.3 Å². The fourth-order valence-corrected chi connectivity index (χ4v) is 3.19. The predicted molar refractivity (Wildman–Crippen MR) is 113 cm³/mol. The van der Waals surface area contributed by atoms with Crippen molar-refractivity contribution in [2.75, 3.05) is 13.7 Å². The molecule has 150 valence electrons. The predicted octanol–water partition coefficient (Wildman–Crippen LogP) is 3.23. The third-order valence-electron chi connectivity index (χ3n) is 4.80. The van der Waals surface area contributed by atoms with Gasteiger partial charge in [0.25, 0.3) is 5.56 Å². The lowest BCUT2D eigenvalue weighted by atomic mass is 9.96. The molecule has 29 heavy (non-hydrogen) atoms. The molecule has 0 saturated heterocycles. The highest BCUT2D eigenvalue weighted by molar-refractivity contribution is 5.83. The Morgan fingerprint density at radius 2 is 1.79 bits per heavy atom. The first-order valence-corrected chi connectivity index (χ1v) is 9.67. The number of hydrogen-bond donors (Lipinski definition) is 1. The minimum atomic E-state index is -0.202. The number of amides is 1. The van der Waals surface area contributed by atoms with Crippen LogP contribution in [0.4, 0.5) is 0 Å². The maximum atomic E-state index is 12.6. The van der Waals surface area contributed by atoms with Crippen LogP contribution in [-0.2, 0) is 11.3 Å². The van der Waals surface area contributed by atoms with Gasteiger partial charge in [-0.2, -0.15) is 5.10 Å². The second-order valence-electron chi connectivity index (χ2n) is 6.67. The molecule has 1 heterocycles. The molecule has 1 atom stereocenters. The van der Waals surface area contributed by atoms with Gasteiger partial charge in [0.05, 0.1) is 25.3 Å². The number of nitrogens with zero attached hydrogens (tertiary/aromatic N) is 2. The Kier molecular flexibility index (Phi) is 6.79. The average molecular weight is 391 g/mol. The van der Waals surface area contributed by atoms with Crippen LogP contribution in [0, 0.1) is 0 Å². The molecule has 1 amide bonds. The summed E-state index contributed by atoms with van der Waals surface area (Å²) in [6, 6.07) is 20.4. The summed E-state index contributed by atoms with van der Waals surface area (Å²) in [5.41, 5.74) is 2.36. The van der Waals surface area contributed by atoms with Crippen LogP contribution in [-0.4, -0.2) is 29.3 Å². The average Bonchev–Trinajstić information content (AvgIpc) is 2.76. The van der Waals surface area contributed by atoms with Crippen LogP contribution < -0.4 is 15.6 Å². The Morgan fingerprint density at radius 1 is 1.07 bits per heavy atom. The van der Waals surface area contributed by atoms with Crippen LogP contribution in [0.2, 0.25) is 0 Å². The van der Waals surface area contributed by atoms with Crippen molar-refractivity contribution in [3.05, 3.63) is 82.6 Å². The Bertz CT molecular complexity index is 998. The third-order valence-corrected chi connectivity index (χ3v) is 4.80. The molecule has 0 fully saturated rings. The van der Waals surface area contributed by atoms with Gasteiger partial charge in [-0.15, -0.1) is 0 Å². The number of carbonyl (C=O) groups is 1. The zero-order valence-corrected chi connectivity index (χ0v) is 16.7. The van der Waals surface area contributed by atoms with Gasteiger partial charge in [0.2, 0.25) is 5.91 Å². The van der Waals surface area contributed by atoms with Crippen molar-refractivity contribution in [3.8, 4) is 17.0 Å². The second kappa shape index (κ2) is 9.68. The molecule has 6 nitrogen and oxygen atoms in total. The van der Waals surface area contributed by atoms with Crippen molar-refractivity contribution in [3.63, 3.8) is 0 Å². The van der Waals surface area contributed by atoms with Gasteiger partial charge in [0, 0.05) is 18.2 Å². The number of carbonyl (C=O) groups excluding carboxylic acids is 1. The van der Waals surface area contributed by atoms with Gasteiger partial charge in [-0.05, 0) is 42.3 Å². The summed E-state index contributed by atoms with van der Waals surface area (Å²) < 4.78 is 6.55. The van der Waals surface area contributed by atoms with Crippen LogP contribution in [0.3, 0.4) is 0 Å². The minimum absolute atomic E-state index is 0.0435. The van der Waals surface area contributed by atoms with E-state index in [1.54, 1.807) is 13.2 Å². The number of ether oxygens (including phenoxy) is 1. The summed E-state index contributed by atoms with van der Waals surface area (Å²) in [7, 11) is 1.61. The fraction of sp³-hybridized carbons (Fsp3) is 0.261. The van der Waals surface area contributed by atoms with E-state index in [1.165, 1.54) is 10.7 Å². The summed E-state index contributed by atoms with van der Waals surface area (Å²) in [6.07, 6.45) is 0.709. The molecule has 6 heteroatoms. The standard InChI is InChI=1S/C23H25N3O3/c1-3-20(17-7-5-4-6-8-17)23(28)24-15-16-26-22(27)14-13-21(25-26)18-9-11-19(29-2)12-10-18/h4-14,20H,3,15-16H2,1-2H3,(H,24,28). The van der Waals surface area contributed by atoms with Gasteiger partial charge in [0.1, 0.15) is 5.75 Å². The van der Waals surface area contributed by atoms with Gasteiger partial charge < -0.3 is 10.1 Å². The highest BCUT2D eigenvalue weighted by atomic mass is 16.5. The number of aromatic nitrogens is 2. The van der Waals surface area contributed by atoms with Crippen molar-refractivity contribution < 1.29 is 9.53 Å². The number of nitrogens with one attached hydrogen (secondary N) is 1. The van der Waals surface area contributed by atoms with Crippen LogP contribution in [0.25, 0.3) is 11.3 Å². The van der Waals surface area contributed by atoms with Crippen molar-refractivity contribution in [1.82, 2.24) is 15.1 Å². The molecular weight excluding hydrogens is 366 g/mol. The Hall–Kier alpha value is -3.41. The smallest absolute Gasteiger partial charge is 0.266 e. The fourth-order valence-electron chi connectivity index (χ4n) is 3.19. The molecule has 3 rings (SSSR count). The molecule has 1 unspecified atom stereocenters. The van der Waals surface area contributed by atoms with Crippen molar-refractivity contribution in [2.24, 2.45) is 0 Å². The highest BCUT2D eigenvalue weighted by Gasteiger charge is 2.17. The van der Waals surface area contributed by atoms with E-state index in [1.807, 2.05) is 61.5 Å². The van der Waals surface area contributed by atoms with Crippen molar-refractivity contribution in [2.45, 2.75) is 25.8 Å². The SMILES string of the molecule is CCC(C(=O)NCCn1nc(-c2ccc(OC)cc2)ccc1=O)c1ccccc1. The van der Waals surface area contributed by atoms with E-state index < -0.39 is 0 Å². The lowest BCUT2D eigenvalue weighted by molar-refractivity contribution is -0.122. The molecule has 0 bridgehead atoms. The van der Waals surface area contributed by atoms with Crippen molar-refractivity contribution in [1.29, 1.82) is 0 Å². The normalized spacial score (nSPS) is 11.7. The van der Waals surface area contributed by atoms with Gasteiger partial charge in [-0.25, -0.2) is 4.68 Å². The van der Waals surface area contributed by atoms with Gasteiger partial charge in [-0.3, -0.25) is 9.59 Å². The second-order valence-corrected chi connectivity index (χ2v) is 6.67. The van der Waals surface area contributed by atoms with E-state index >= 15 is 0 Å². The summed E-state index contributed by atoms with van der Waals surface area (Å²) in [4.78, 5) is 24.7. The van der Waals surface area contributed by atoms with Crippen LogP contribution in [0.15, 0.2) is 71.5 Å². The largest absolute Gasteiger partial charge is 0.497 e. The van der Waals surface area contributed by atoms with Crippen LogP contribution in [0.5, 0.6) is 5.75 Å². The van der Waals surface area contributed by atoms with E-state index in [4.69, 9.17) is 4.74 Å². The first-order chi connectivity index (χ1) is 14.1. The molecule has 2 aromatic carbocycles. The highest BCUT2D eigenvalue weighted by Crippen LogP contribution is 2.20. The molecule has 0 radical (unpaired) electrons. The monoisotopic (exact) mass is 391 g/mol. The Labute approximate surface area is 170 Å². The molecule has 0 aliphatic heterocycles. The van der Waals surface area contributed by atoms with Crippen LogP contribution >= 0.6 is 0 Å². The van der Waals surface area contributed by atoms with E-state index in [0.717, 1.165) is 16.9 Å². The summed E-state index contributed by atoms with van der Waals surface area (Å²) in [5.74, 6) is 0.512. The van der Waals surface area contributed by atoms with E-state index in [0.29, 0.717) is 25.2 Å². The number of rotatable bonds is 8. The molecule has 0 aliphatic rings. The molecule has 1 N–H and O–H groups in total. The maximum Gasteiger partial charge on any atom is 0.266 e. The summed E-state index contributed by atoms with van der Waals surface area (Å²) in [6.45, 7) is 2.63. The first-order valence-electron chi connectivity index (χ1n) is 9.67. The topological polar surface area (TPSA) is 73.2 Å². The van der Waals surface area contributed by atoms with E-state index in [9.17, 15) is 9.59 Å². The van der Waals surface area contributed by atoms with E-state index in [2.05, 4.69) is 10.4 Å². The summed E-state index contributed by atoms with van der Waals surface area (Å²) >= 11 is 0. The zero-order chi connectivity index (χ0) is 20.6. The minimum Gasteiger partial charge on any atom is -0.497 e. The van der Waals surface area contributed by atoms with Crippen LogP contribution in [0.1, 0.15) is 24.8 Å². The lowest BCUT2D eigenvalue weighted by Crippen LogP contribution is -2.34. The number of hydrogen-bond acceptors (Lipinski definition) is 4. The van der Waals surface area contributed by atoms with Gasteiger partial charge >= 0.3 is 0 Å². The molecule has 0 spiro atoms. The lowest BCUT2D eigenvalue weighted by Gasteiger charge is -2.15. The number of methoxy groups -OCH3 is 1. The first kappa shape index (κ1) is 20.3. The number of benzene rings is 2. The Balaban J connectivity index is 1.65. The van der Waals surface area contributed by atoms with Crippen molar-refractivity contribution >= 4 is 5.91 Å². The van der Waals surface area contributed by atoms with E-state index in [-0.39, 0.29) is 17.4 Å². The molecule has 0 saturated carbocycles. The van der Waals surface area contributed by atoms with Gasteiger partial charge in [0.15, 0.2) is 0 Å².